The van der Waals surface area contributed by atoms with Gasteiger partial charge in [0.2, 0.25) is 5.91 Å². The van der Waals surface area contributed by atoms with Crippen molar-refractivity contribution in [3.63, 3.8) is 0 Å². The van der Waals surface area contributed by atoms with E-state index < -0.39 is 5.41 Å². The van der Waals surface area contributed by atoms with Gasteiger partial charge in [0.25, 0.3) is 0 Å². The molecule has 1 saturated heterocycles. The molecule has 3 nitrogen and oxygen atoms in total. The highest BCUT2D eigenvalue weighted by Gasteiger charge is 2.48. The highest BCUT2D eigenvalue weighted by molar-refractivity contribution is 6.06. The fraction of sp³-hybridized carbons (Fsp3) is 0.417. The third-order valence-corrected chi connectivity index (χ3v) is 3.59. The number of benzene rings is 1. The summed E-state index contributed by atoms with van der Waals surface area (Å²) in [6, 6.07) is 4.91. The van der Waals surface area contributed by atoms with Crippen molar-refractivity contribution < 1.29 is 9.18 Å². The zero-order chi connectivity index (χ0) is 11.2. The number of anilines is 1. The van der Waals surface area contributed by atoms with Gasteiger partial charge in [-0.2, -0.15) is 0 Å². The average Bonchev–Trinajstić information content (AvgIpc) is 2.57. The summed E-state index contributed by atoms with van der Waals surface area (Å²) in [5.41, 5.74) is 0.635. The lowest BCUT2D eigenvalue weighted by Crippen LogP contribution is -2.47. The van der Waals surface area contributed by atoms with Crippen LogP contribution in [-0.4, -0.2) is 19.0 Å². The summed E-state index contributed by atoms with van der Waals surface area (Å²) in [6.45, 7) is 1.54. The lowest BCUT2D eigenvalue weighted by atomic mass is 9.76. The van der Waals surface area contributed by atoms with Gasteiger partial charge in [-0.25, -0.2) is 4.39 Å². The van der Waals surface area contributed by atoms with Crippen molar-refractivity contribution in [1.82, 2.24) is 5.32 Å². The van der Waals surface area contributed by atoms with Crippen LogP contribution in [-0.2, 0) is 10.2 Å². The van der Waals surface area contributed by atoms with E-state index in [9.17, 15) is 9.18 Å². The van der Waals surface area contributed by atoms with E-state index in [4.69, 9.17) is 0 Å². The molecule has 5 heteroatoms. The maximum Gasteiger partial charge on any atom is 0.236 e. The van der Waals surface area contributed by atoms with Crippen LogP contribution in [0.1, 0.15) is 18.4 Å². The molecule has 1 aromatic rings. The largest absolute Gasteiger partial charge is 0.323 e. The molecule has 92 valence electrons. The molecule has 1 amide bonds. The van der Waals surface area contributed by atoms with Crippen molar-refractivity contribution in [2.45, 2.75) is 18.3 Å². The van der Waals surface area contributed by atoms with Crippen molar-refractivity contribution >= 4 is 24.0 Å². The smallest absolute Gasteiger partial charge is 0.236 e. The molecule has 0 radical (unpaired) electrons. The molecular weight excluding hydrogens is 243 g/mol. The van der Waals surface area contributed by atoms with Gasteiger partial charge in [-0.1, -0.05) is 12.1 Å². The van der Waals surface area contributed by atoms with Crippen molar-refractivity contribution in [3.8, 4) is 0 Å². The molecule has 2 aliphatic rings. The third-order valence-electron chi connectivity index (χ3n) is 3.59. The maximum absolute atomic E-state index is 13.6. The Labute approximate surface area is 105 Å². The number of hydrogen-bond donors (Lipinski definition) is 2. The Hall–Kier alpha value is -1.13. The molecule has 1 fully saturated rings. The predicted octanol–water partition coefficient (Wildman–Crippen LogP) is 1.82. The number of carbonyl (C=O) groups is 1. The monoisotopic (exact) mass is 256 g/mol. The minimum absolute atomic E-state index is 0. The average molecular weight is 257 g/mol. The summed E-state index contributed by atoms with van der Waals surface area (Å²) in [6.07, 6.45) is 1.74. The number of carbonyl (C=O) groups excluding carboxylic acids is 1. The molecule has 17 heavy (non-hydrogen) atoms. The lowest BCUT2D eigenvalue weighted by molar-refractivity contribution is -0.121. The molecule has 2 heterocycles. The number of nitrogens with one attached hydrogen (secondary N) is 2. The molecule has 0 aromatic heterocycles. The second-order valence-electron chi connectivity index (χ2n) is 4.48. The predicted molar refractivity (Wildman–Crippen MR) is 66.1 cm³/mol. The van der Waals surface area contributed by atoms with Gasteiger partial charge in [0.15, 0.2) is 0 Å². The Bertz CT molecular complexity index is 458. The maximum atomic E-state index is 13.6. The van der Waals surface area contributed by atoms with Gasteiger partial charge in [0.1, 0.15) is 5.82 Å². The van der Waals surface area contributed by atoms with Crippen LogP contribution in [0.2, 0.25) is 0 Å². The van der Waals surface area contributed by atoms with E-state index in [2.05, 4.69) is 10.6 Å². The van der Waals surface area contributed by atoms with Crippen LogP contribution >= 0.6 is 12.4 Å². The standard InChI is InChI=1S/C12H13FN2O.ClH/c13-9-4-1-3-8-10(9)15-11(16)12(8)5-2-6-14-7-12;/h1,3-4,14H,2,5-7H2,(H,15,16);1H/t12-;/m1./s1. The first kappa shape index (κ1) is 12.3. The minimum Gasteiger partial charge on any atom is -0.323 e. The van der Waals surface area contributed by atoms with Crippen LogP contribution in [0.4, 0.5) is 10.1 Å². The van der Waals surface area contributed by atoms with Gasteiger partial charge in [0, 0.05) is 6.54 Å². The molecule has 0 unspecified atom stereocenters. The fourth-order valence-electron chi connectivity index (χ4n) is 2.73. The summed E-state index contributed by atoms with van der Waals surface area (Å²) >= 11 is 0. The molecule has 1 aromatic carbocycles. The van der Waals surface area contributed by atoms with E-state index in [1.54, 1.807) is 6.07 Å². The Kier molecular flexibility index (Phi) is 3.10. The number of para-hydroxylation sites is 1. The number of piperidine rings is 1. The third kappa shape index (κ3) is 1.63. The molecule has 2 aliphatic heterocycles. The van der Waals surface area contributed by atoms with Crippen LogP contribution in [0.5, 0.6) is 0 Å². The fourth-order valence-corrected chi connectivity index (χ4v) is 2.73. The Morgan fingerprint density at radius 3 is 2.88 bits per heavy atom. The van der Waals surface area contributed by atoms with Gasteiger partial charge in [0.05, 0.1) is 11.1 Å². The summed E-state index contributed by atoms with van der Waals surface area (Å²) in [4.78, 5) is 12.0. The van der Waals surface area contributed by atoms with E-state index in [1.807, 2.05) is 6.07 Å². The van der Waals surface area contributed by atoms with E-state index in [0.717, 1.165) is 24.9 Å². The normalized spacial score (nSPS) is 26.3. The second-order valence-corrected chi connectivity index (χ2v) is 4.48. The second kappa shape index (κ2) is 4.27. The van der Waals surface area contributed by atoms with Crippen LogP contribution < -0.4 is 10.6 Å². The zero-order valence-electron chi connectivity index (χ0n) is 9.25. The summed E-state index contributed by atoms with van der Waals surface area (Å²) in [5, 5.41) is 5.90. The lowest BCUT2D eigenvalue weighted by Gasteiger charge is -2.31. The Balaban J connectivity index is 0.00000108. The highest BCUT2D eigenvalue weighted by atomic mass is 35.5. The van der Waals surface area contributed by atoms with Gasteiger partial charge in [-0.05, 0) is 31.0 Å². The molecule has 0 aliphatic carbocycles. The first-order valence-corrected chi connectivity index (χ1v) is 5.55. The van der Waals surface area contributed by atoms with Gasteiger partial charge >= 0.3 is 0 Å². The number of rotatable bonds is 0. The van der Waals surface area contributed by atoms with E-state index >= 15 is 0 Å². The van der Waals surface area contributed by atoms with Crippen LogP contribution in [0.25, 0.3) is 0 Å². The number of hydrogen-bond acceptors (Lipinski definition) is 2. The van der Waals surface area contributed by atoms with Crippen molar-refractivity contribution in [2.75, 3.05) is 18.4 Å². The molecule has 3 rings (SSSR count). The van der Waals surface area contributed by atoms with Crippen molar-refractivity contribution in [3.05, 3.63) is 29.6 Å². The first-order valence-electron chi connectivity index (χ1n) is 5.55. The zero-order valence-corrected chi connectivity index (χ0v) is 10.1. The van der Waals surface area contributed by atoms with Crippen molar-refractivity contribution in [2.24, 2.45) is 0 Å². The van der Waals surface area contributed by atoms with Crippen LogP contribution in [0, 0.1) is 5.82 Å². The summed E-state index contributed by atoms with van der Waals surface area (Å²) in [5.74, 6) is -0.409. The molecule has 0 bridgehead atoms. The van der Waals surface area contributed by atoms with E-state index in [1.165, 1.54) is 6.07 Å². The SMILES string of the molecule is Cl.O=C1Nc2c(F)cccc2[C@]12CCCNC2. The minimum atomic E-state index is -0.546. The summed E-state index contributed by atoms with van der Waals surface area (Å²) < 4.78 is 13.6. The first-order chi connectivity index (χ1) is 7.74. The quantitative estimate of drug-likeness (QED) is 0.744. The van der Waals surface area contributed by atoms with Gasteiger partial charge in [-0.3, -0.25) is 4.79 Å². The van der Waals surface area contributed by atoms with E-state index in [-0.39, 0.29) is 24.1 Å². The summed E-state index contributed by atoms with van der Waals surface area (Å²) in [7, 11) is 0. The van der Waals surface area contributed by atoms with Crippen LogP contribution in [0.15, 0.2) is 18.2 Å². The molecular formula is C12H14ClFN2O. The van der Waals surface area contributed by atoms with E-state index in [0.29, 0.717) is 12.2 Å². The van der Waals surface area contributed by atoms with Gasteiger partial charge in [-0.15, -0.1) is 12.4 Å². The van der Waals surface area contributed by atoms with Gasteiger partial charge < -0.3 is 10.6 Å². The van der Waals surface area contributed by atoms with Crippen LogP contribution in [0.3, 0.4) is 0 Å². The highest BCUT2D eigenvalue weighted by Crippen LogP contribution is 2.42. The Morgan fingerprint density at radius 1 is 1.35 bits per heavy atom. The molecule has 2 N–H and O–H groups in total. The molecule has 0 saturated carbocycles. The molecule has 1 spiro atoms. The number of fused-ring (bicyclic) bond motifs is 2. The van der Waals surface area contributed by atoms with Crippen molar-refractivity contribution in [1.29, 1.82) is 0 Å². The number of amides is 1. The topological polar surface area (TPSA) is 41.1 Å². The number of halogens is 2. The Morgan fingerprint density at radius 2 is 2.18 bits per heavy atom. The molecule has 1 atom stereocenters.